The average Bonchev–Trinajstić information content (AvgIpc) is 2.83. The largest absolute Gasteiger partial charge is 0.378 e. The smallest absolute Gasteiger partial charge is 0.290 e. The second-order valence-corrected chi connectivity index (χ2v) is 7.88. The van der Waals surface area contributed by atoms with Crippen LogP contribution in [0.15, 0.2) is 29.2 Å². The van der Waals surface area contributed by atoms with Crippen LogP contribution in [0.4, 0.5) is 17.3 Å². The van der Waals surface area contributed by atoms with Crippen LogP contribution >= 0.6 is 0 Å². The Balaban J connectivity index is 1.49. The molecule has 2 aromatic rings. The van der Waals surface area contributed by atoms with Gasteiger partial charge in [-0.1, -0.05) is 0 Å². The lowest BCUT2D eigenvalue weighted by Crippen LogP contribution is -2.46. The van der Waals surface area contributed by atoms with Gasteiger partial charge in [-0.25, -0.2) is 9.67 Å². The highest BCUT2D eigenvalue weighted by atomic mass is 16.5. The van der Waals surface area contributed by atoms with E-state index in [1.54, 1.807) is 30.1 Å². The maximum Gasteiger partial charge on any atom is 0.290 e. The summed E-state index contributed by atoms with van der Waals surface area (Å²) in [6.45, 7) is 3.62. The molecular weight excluding hydrogens is 414 g/mol. The van der Waals surface area contributed by atoms with Crippen LogP contribution in [0.5, 0.6) is 0 Å². The molecule has 2 fully saturated rings. The lowest BCUT2D eigenvalue weighted by molar-refractivity contribution is -0.110. The molecule has 0 spiro atoms. The molecule has 2 aliphatic rings. The van der Waals surface area contributed by atoms with Gasteiger partial charge in [0.05, 0.1) is 18.8 Å². The molecule has 0 aromatic carbocycles. The number of ether oxygens (including phenoxy) is 1. The third kappa shape index (κ3) is 4.88. The van der Waals surface area contributed by atoms with Crippen molar-refractivity contribution in [3.05, 3.63) is 40.3 Å². The van der Waals surface area contributed by atoms with E-state index in [0.29, 0.717) is 62.1 Å². The Morgan fingerprint density at radius 3 is 2.78 bits per heavy atom. The standard InChI is InChI=1S/C21H27N7O4/c1-26-21(31)17(11-19(25-26)28-6-2-3-16(13-28)23-14-29)24-18-5-4-15(12-22-18)20(30)27-7-9-32-10-8-27/h4-5,11-12,14,16H,2-3,6-10,13H2,1H3,(H,22,24)(H,23,29). The third-order valence-electron chi connectivity index (χ3n) is 5.67. The Morgan fingerprint density at radius 1 is 1.25 bits per heavy atom. The highest BCUT2D eigenvalue weighted by Crippen LogP contribution is 2.21. The van der Waals surface area contributed by atoms with Crippen LogP contribution in [-0.4, -0.2) is 77.4 Å². The van der Waals surface area contributed by atoms with Crippen LogP contribution in [0.2, 0.25) is 0 Å². The van der Waals surface area contributed by atoms with E-state index in [1.165, 1.54) is 10.9 Å². The number of hydrogen-bond donors (Lipinski definition) is 2. The minimum Gasteiger partial charge on any atom is -0.378 e. The number of morpholine rings is 1. The van der Waals surface area contributed by atoms with Crippen molar-refractivity contribution < 1.29 is 14.3 Å². The van der Waals surface area contributed by atoms with Crippen molar-refractivity contribution in [3.8, 4) is 0 Å². The van der Waals surface area contributed by atoms with Gasteiger partial charge in [0.25, 0.3) is 11.5 Å². The summed E-state index contributed by atoms with van der Waals surface area (Å²) in [6, 6.07) is 5.12. The molecule has 0 aliphatic carbocycles. The molecule has 11 nitrogen and oxygen atoms in total. The average molecular weight is 441 g/mol. The number of hydrogen-bond acceptors (Lipinski definition) is 8. The molecule has 11 heteroatoms. The summed E-state index contributed by atoms with van der Waals surface area (Å²) in [5.74, 6) is 1.01. The van der Waals surface area contributed by atoms with Crippen molar-refractivity contribution in [2.45, 2.75) is 18.9 Å². The zero-order chi connectivity index (χ0) is 22.5. The molecular formula is C21H27N7O4. The van der Waals surface area contributed by atoms with Gasteiger partial charge in [-0.3, -0.25) is 14.4 Å². The van der Waals surface area contributed by atoms with Gasteiger partial charge in [-0.15, -0.1) is 0 Å². The van der Waals surface area contributed by atoms with Crippen molar-refractivity contribution in [2.75, 3.05) is 49.6 Å². The van der Waals surface area contributed by atoms with Gasteiger partial charge in [0, 0.05) is 51.5 Å². The first-order valence-electron chi connectivity index (χ1n) is 10.7. The van der Waals surface area contributed by atoms with Crippen LogP contribution < -0.4 is 21.1 Å². The lowest BCUT2D eigenvalue weighted by Gasteiger charge is -2.33. The third-order valence-corrected chi connectivity index (χ3v) is 5.67. The Kier molecular flexibility index (Phi) is 6.64. The summed E-state index contributed by atoms with van der Waals surface area (Å²) in [5, 5.41) is 10.2. The van der Waals surface area contributed by atoms with E-state index in [1.807, 2.05) is 4.90 Å². The molecule has 1 atom stereocenters. The van der Waals surface area contributed by atoms with Gasteiger partial charge in [-0.2, -0.15) is 5.10 Å². The van der Waals surface area contributed by atoms with Crippen LogP contribution in [0.3, 0.4) is 0 Å². The predicted octanol–water partition coefficient (Wildman–Crippen LogP) is 0.106. The molecule has 4 rings (SSSR count). The van der Waals surface area contributed by atoms with E-state index in [0.717, 1.165) is 19.4 Å². The van der Waals surface area contributed by atoms with E-state index >= 15 is 0 Å². The molecule has 0 saturated carbocycles. The highest BCUT2D eigenvalue weighted by Gasteiger charge is 2.22. The SMILES string of the molecule is Cn1nc(N2CCCC(NC=O)C2)cc(Nc2ccc(C(=O)N3CCOCC3)cn2)c1=O. The Hall–Kier alpha value is -3.47. The summed E-state index contributed by atoms with van der Waals surface area (Å²) in [4.78, 5) is 44.1. The van der Waals surface area contributed by atoms with E-state index in [-0.39, 0.29) is 17.5 Å². The molecule has 1 unspecified atom stereocenters. The van der Waals surface area contributed by atoms with Crippen molar-refractivity contribution in [1.29, 1.82) is 0 Å². The van der Waals surface area contributed by atoms with Crippen LogP contribution in [0, 0.1) is 0 Å². The summed E-state index contributed by atoms with van der Waals surface area (Å²) in [7, 11) is 1.60. The molecule has 0 bridgehead atoms. The zero-order valence-electron chi connectivity index (χ0n) is 18.0. The number of amides is 2. The fourth-order valence-corrected chi connectivity index (χ4v) is 3.94. The van der Waals surface area contributed by atoms with Crippen molar-refractivity contribution >= 4 is 29.6 Å². The molecule has 2 aliphatic heterocycles. The number of pyridine rings is 1. The summed E-state index contributed by atoms with van der Waals surface area (Å²) in [6.07, 6.45) is 4.05. The molecule has 32 heavy (non-hydrogen) atoms. The first-order valence-corrected chi connectivity index (χ1v) is 10.7. The number of carbonyl (C=O) groups excluding carboxylic acids is 2. The van der Waals surface area contributed by atoms with Crippen molar-refractivity contribution in [3.63, 3.8) is 0 Å². The summed E-state index contributed by atoms with van der Waals surface area (Å²) >= 11 is 0. The number of aryl methyl sites for hydroxylation is 1. The Bertz CT molecular complexity index is 1020. The van der Waals surface area contributed by atoms with Crippen LogP contribution in [0.25, 0.3) is 0 Å². The number of rotatable bonds is 6. The van der Waals surface area contributed by atoms with Crippen LogP contribution in [0.1, 0.15) is 23.2 Å². The van der Waals surface area contributed by atoms with Gasteiger partial charge in [-0.05, 0) is 25.0 Å². The molecule has 4 heterocycles. The molecule has 2 amide bonds. The molecule has 2 aromatic heterocycles. The van der Waals surface area contributed by atoms with E-state index in [9.17, 15) is 14.4 Å². The maximum atomic E-state index is 12.6. The molecule has 2 N–H and O–H groups in total. The molecule has 2 saturated heterocycles. The zero-order valence-corrected chi connectivity index (χ0v) is 18.0. The summed E-state index contributed by atoms with van der Waals surface area (Å²) < 4.78 is 6.57. The van der Waals surface area contributed by atoms with E-state index < -0.39 is 0 Å². The van der Waals surface area contributed by atoms with Gasteiger partial charge in [0.1, 0.15) is 11.5 Å². The maximum absolute atomic E-state index is 12.6. The van der Waals surface area contributed by atoms with Crippen molar-refractivity contribution in [1.82, 2.24) is 25.0 Å². The number of aromatic nitrogens is 3. The fourth-order valence-electron chi connectivity index (χ4n) is 3.94. The molecule has 0 radical (unpaired) electrons. The number of carbonyl (C=O) groups is 2. The van der Waals surface area contributed by atoms with E-state index in [4.69, 9.17) is 4.74 Å². The fraction of sp³-hybridized carbons (Fsp3) is 0.476. The predicted molar refractivity (Wildman–Crippen MR) is 118 cm³/mol. The lowest BCUT2D eigenvalue weighted by atomic mass is 10.1. The Labute approximate surface area is 185 Å². The molecule has 170 valence electrons. The second kappa shape index (κ2) is 9.77. The highest BCUT2D eigenvalue weighted by molar-refractivity contribution is 5.94. The number of piperidine rings is 1. The first kappa shape index (κ1) is 21.8. The van der Waals surface area contributed by atoms with Crippen LogP contribution in [-0.2, 0) is 16.6 Å². The van der Waals surface area contributed by atoms with Gasteiger partial charge < -0.3 is 25.2 Å². The number of nitrogens with zero attached hydrogens (tertiary/aromatic N) is 5. The topological polar surface area (TPSA) is 122 Å². The van der Waals surface area contributed by atoms with Crippen molar-refractivity contribution in [2.24, 2.45) is 7.05 Å². The van der Waals surface area contributed by atoms with Gasteiger partial charge in [0.2, 0.25) is 6.41 Å². The van der Waals surface area contributed by atoms with Gasteiger partial charge >= 0.3 is 0 Å². The summed E-state index contributed by atoms with van der Waals surface area (Å²) in [5.41, 5.74) is 0.536. The minimum atomic E-state index is -0.288. The first-order chi connectivity index (χ1) is 15.5. The normalized spacial score (nSPS) is 18.8. The quantitative estimate of drug-likeness (QED) is 0.606. The number of nitrogens with one attached hydrogen (secondary N) is 2. The number of anilines is 3. The minimum absolute atomic E-state index is 0.0508. The van der Waals surface area contributed by atoms with Gasteiger partial charge in [0.15, 0.2) is 5.82 Å². The Morgan fingerprint density at radius 2 is 2.06 bits per heavy atom. The second-order valence-electron chi connectivity index (χ2n) is 7.88. The van der Waals surface area contributed by atoms with E-state index in [2.05, 4.69) is 20.7 Å². The monoisotopic (exact) mass is 441 g/mol.